The van der Waals surface area contributed by atoms with Crippen LogP contribution in [0.2, 0.25) is 0 Å². The number of benzene rings is 12. The van der Waals surface area contributed by atoms with E-state index < -0.39 is 8.07 Å². The van der Waals surface area contributed by atoms with Gasteiger partial charge >= 0.3 is 0 Å². The highest BCUT2D eigenvalue weighted by Gasteiger charge is 2.41. The van der Waals surface area contributed by atoms with Crippen LogP contribution in [0, 0.1) is 0 Å². The average Bonchev–Trinajstić information content (AvgIpc) is 3.81. The van der Waals surface area contributed by atoms with Gasteiger partial charge in [0, 0.05) is 33.2 Å². The molecular weight excluding hydrogens is 851 g/mol. The lowest BCUT2D eigenvalue weighted by Crippen LogP contribution is -2.74. The molecule has 0 saturated heterocycles. The Morgan fingerprint density at radius 1 is 0.275 bits per heavy atom. The van der Waals surface area contributed by atoms with Gasteiger partial charge in [0.25, 0.3) is 0 Å². The fraction of sp³-hybridized carbons (Fsp3) is 0. The van der Waals surface area contributed by atoms with E-state index in [0.29, 0.717) is 0 Å². The molecule has 0 bridgehead atoms. The van der Waals surface area contributed by atoms with Crippen molar-refractivity contribution in [2.24, 2.45) is 0 Å². The highest BCUT2D eigenvalue weighted by atomic mass is 28.3. The summed E-state index contributed by atoms with van der Waals surface area (Å²) in [6, 6.07) is 100. The van der Waals surface area contributed by atoms with Gasteiger partial charge in [-0.15, -0.1) is 0 Å². The van der Waals surface area contributed by atoms with Crippen LogP contribution in [0.4, 0.5) is 17.1 Å². The van der Waals surface area contributed by atoms with Crippen molar-refractivity contribution < 1.29 is 4.42 Å². The van der Waals surface area contributed by atoms with Crippen LogP contribution in [0.15, 0.2) is 277 Å². The van der Waals surface area contributed by atoms with Gasteiger partial charge in [0.05, 0.1) is 0 Å². The quantitative estimate of drug-likeness (QED) is 0.0815. The third kappa shape index (κ3) is 6.86. The zero-order chi connectivity index (χ0) is 45.7. The molecule has 0 aliphatic heterocycles. The predicted octanol–water partition coefficient (Wildman–Crippen LogP) is 15.2. The minimum Gasteiger partial charge on any atom is -0.455 e. The van der Waals surface area contributed by atoms with Crippen LogP contribution in [0.3, 0.4) is 0 Å². The molecule has 0 atom stereocenters. The van der Waals surface area contributed by atoms with Gasteiger partial charge in [-0.3, -0.25) is 0 Å². The van der Waals surface area contributed by atoms with E-state index in [1.807, 2.05) is 0 Å². The molecular formula is C66H45NOSi. The molecule has 0 unspecified atom stereocenters. The van der Waals surface area contributed by atoms with Gasteiger partial charge in [-0.2, -0.15) is 0 Å². The van der Waals surface area contributed by atoms with E-state index in [0.717, 1.165) is 44.4 Å². The van der Waals surface area contributed by atoms with Gasteiger partial charge in [-0.1, -0.05) is 224 Å². The third-order valence-electron chi connectivity index (χ3n) is 14.2. The van der Waals surface area contributed by atoms with Gasteiger partial charge in [-0.25, -0.2) is 0 Å². The van der Waals surface area contributed by atoms with Gasteiger partial charge in [0.2, 0.25) is 0 Å². The Morgan fingerprint density at radius 3 is 1.41 bits per heavy atom. The molecule has 13 rings (SSSR count). The van der Waals surface area contributed by atoms with Crippen LogP contribution in [0.25, 0.3) is 76.5 Å². The summed E-state index contributed by atoms with van der Waals surface area (Å²) in [6.07, 6.45) is 0. The van der Waals surface area contributed by atoms with Crippen molar-refractivity contribution in [3.63, 3.8) is 0 Å². The van der Waals surface area contributed by atoms with E-state index in [-0.39, 0.29) is 0 Å². The molecule has 0 radical (unpaired) electrons. The summed E-state index contributed by atoms with van der Waals surface area (Å²) >= 11 is 0. The summed E-state index contributed by atoms with van der Waals surface area (Å²) in [5.41, 5.74) is 9.81. The molecule has 0 saturated carbocycles. The second kappa shape index (κ2) is 16.8. The fourth-order valence-corrected chi connectivity index (χ4v) is 15.8. The van der Waals surface area contributed by atoms with E-state index in [4.69, 9.17) is 4.42 Å². The Hall–Kier alpha value is -8.76. The van der Waals surface area contributed by atoms with E-state index in [9.17, 15) is 0 Å². The third-order valence-corrected chi connectivity index (χ3v) is 19.0. The molecule has 69 heavy (non-hydrogen) atoms. The monoisotopic (exact) mass is 895 g/mol. The lowest BCUT2D eigenvalue weighted by atomic mass is 9.94. The van der Waals surface area contributed by atoms with Crippen molar-refractivity contribution in [3.8, 4) is 22.3 Å². The molecule has 1 aromatic heterocycles. The van der Waals surface area contributed by atoms with Crippen LogP contribution >= 0.6 is 0 Å². The number of nitrogens with zero attached hydrogens (tertiary/aromatic N) is 1. The van der Waals surface area contributed by atoms with Crippen molar-refractivity contribution in [2.45, 2.75) is 0 Å². The SMILES string of the molecule is c1ccc(-c2ccccc2-c2ccc(N(c3ccc4c(ccc5cc([Si](c6ccccc6)(c6ccccc6)c6ccccc6)ccc54)c3)c3ccc4oc5c6ccccc6ccc5c4c3)cc2)cc1. The number of fused-ring (bicyclic) bond motifs is 8. The van der Waals surface area contributed by atoms with Crippen LogP contribution in [-0.2, 0) is 0 Å². The van der Waals surface area contributed by atoms with E-state index in [1.54, 1.807) is 0 Å². The number of hydrogen-bond acceptors (Lipinski definition) is 2. The fourth-order valence-electron chi connectivity index (χ4n) is 11.0. The Balaban J connectivity index is 0.959. The average molecular weight is 896 g/mol. The molecule has 0 spiro atoms. The van der Waals surface area contributed by atoms with E-state index in [2.05, 4.69) is 278 Å². The Kier molecular flexibility index (Phi) is 9.88. The van der Waals surface area contributed by atoms with Gasteiger partial charge < -0.3 is 9.32 Å². The molecule has 0 N–H and O–H groups in total. The maximum atomic E-state index is 6.61. The normalized spacial score (nSPS) is 11.8. The summed E-state index contributed by atoms with van der Waals surface area (Å²) in [5.74, 6) is 0. The largest absolute Gasteiger partial charge is 0.455 e. The van der Waals surface area contributed by atoms with Crippen molar-refractivity contribution >= 4 is 100 Å². The Bertz CT molecular complexity index is 3900. The zero-order valence-electron chi connectivity index (χ0n) is 37.8. The first kappa shape index (κ1) is 40.5. The Labute approximate surface area is 402 Å². The molecule has 12 aromatic carbocycles. The summed E-state index contributed by atoms with van der Waals surface area (Å²) in [5, 5.41) is 14.9. The van der Waals surface area contributed by atoms with Crippen molar-refractivity contribution in [2.75, 3.05) is 4.90 Å². The highest BCUT2D eigenvalue weighted by Crippen LogP contribution is 2.42. The van der Waals surface area contributed by atoms with Crippen molar-refractivity contribution in [1.29, 1.82) is 0 Å². The van der Waals surface area contributed by atoms with Crippen molar-refractivity contribution in [3.05, 3.63) is 273 Å². The number of hydrogen-bond donors (Lipinski definition) is 0. The number of furan rings is 1. The molecule has 0 aliphatic carbocycles. The minimum atomic E-state index is -2.69. The lowest BCUT2D eigenvalue weighted by molar-refractivity contribution is 0.672. The topological polar surface area (TPSA) is 16.4 Å². The van der Waals surface area contributed by atoms with Crippen molar-refractivity contribution in [1.82, 2.24) is 0 Å². The van der Waals surface area contributed by atoms with Gasteiger partial charge in [-0.05, 0) is 118 Å². The maximum absolute atomic E-state index is 6.61. The second-order valence-electron chi connectivity index (χ2n) is 18.0. The second-order valence-corrected chi connectivity index (χ2v) is 21.8. The summed E-state index contributed by atoms with van der Waals surface area (Å²) in [6.45, 7) is 0. The van der Waals surface area contributed by atoms with Crippen LogP contribution in [-0.4, -0.2) is 8.07 Å². The smallest absolute Gasteiger partial charge is 0.179 e. The first-order valence-corrected chi connectivity index (χ1v) is 25.7. The Morgan fingerprint density at radius 2 is 0.754 bits per heavy atom. The minimum absolute atomic E-state index is 0.876. The summed E-state index contributed by atoms with van der Waals surface area (Å²) in [7, 11) is -2.69. The van der Waals surface area contributed by atoms with Crippen LogP contribution < -0.4 is 25.6 Å². The molecule has 0 aliphatic rings. The van der Waals surface area contributed by atoms with Crippen LogP contribution in [0.5, 0.6) is 0 Å². The van der Waals surface area contributed by atoms with E-state index in [1.165, 1.54) is 69.9 Å². The predicted molar refractivity (Wildman–Crippen MR) is 295 cm³/mol. The maximum Gasteiger partial charge on any atom is 0.179 e. The zero-order valence-corrected chi connectivity index (χ0v) is 38.8. The summed E-state index contributed by atoms with van der Waals surface area (Å²) < 4.78 is 6.61. The molecule has 0 fully saturated rings. The van der Waals surface area contributed by atoms with Gasteiger partial charge in [0.1, 0.15) is 11.2 Å². The summed E-state index contributed by atoms with van der Waals surface area (Å²) in [4.78, 5) is 2.39. The lowest BCUT2D eigenvalue weighted by Gasteiger charge is -2.34. The molecule has 0 amide bonds. The number of anilines is 3. The molecule has 2 nitrogen and oxygen atoms in total. The highest BCUT2D eigenvalue weighted by molar-refractivity contribution is 7.20. The first-order chi connectivity index (χ1) is 34.2. The van der Waals surface area contributed by atoms with E-state index >= 15 is 0 Å². The molecule has 324 valence electrons. The number of rotatable bonds is 9. The van der Waals surface area contributed by atoms with Crippen LogP contribution in [0.1, 0.15) is 0 Å². The molecule has 13 aromatic rings. The standard InChI is InChI=1S/C66H45NOSi/c1-5-17-46(18-6-1)58-26-15-16-27-59(58)48-31-34-51(35-32-48)67(53-37-42-65-64(45-53)63-39-33-47-19-13-14-28-62(47)66(63)68-65)52-36-40-60-49(43-52)29-30-50-44-57(38-41-61(50)60)69(54-20-7-2-8-21-54,55-22-9-3-10-23-55)56-24-11-4-12-25-56/h1-45H. The van der Waals surface area contributed by atoms with Gasteiger partial charge in [0.15, 0.2) is 8.07 Å². The first-order valence-electron chi connectivity index (χ1n) is 23.7. The molecule has 1 heterocycles. The molecule has 3 heteroatoms.